The van der Waals surface area contributed by atoms with Crippen molar-refractivity contribution >= 4 is 29.3 Å². The molecule has 1 aromatic heterocycles. The van der Waals surface area contributed by atoms with E-state index in [-0.39, 0.29) is 24.3 Å². The maximum Gasteiger partial charge on any atom is 0.303 e. The van der Waals surface area contributed by atoms with Crippen molar-refractivity contribution in [1.29, 1.82) is 0 Å². The zero-order valence-corrected chi connectivity index (χ0v) is 15.7. The van der Waals surface area contributed by atoms with Crippen LogP contribution >= 0.6 is 11.6 Å². The standard InChI is InChI=1S/C19H26ClN3O3/c20-15-4-6-17(21-13-15)22-11-8-14(9-12-22)19(26)23-10-2-1-3-16(23)5-7-18(24)25/h4,6,13-14,16H,1-3,5,7-12H2,(H,24,25). The summed E-state index contributed by atoms with van der Waals surface area (Å²) in [4.78, 5) is 32.4. The fourth-order valence-corrected chi connectivity index (χ4v) is 4.14. The lowest BCUT2D eigenvalue weighted by molar-refractivity contribution is -0.142. The topological polar surface area (TPSA) is 73.7 Å². The van der Waals surface area contributed by atoms with Gasteiger partial charge in [-0.25, -0.2) is 4.98 Å². The molecule has 7 heteroatoms. The Balaban J connectivity index is 1.56. The van der Waals surface area contributed by atoms with Crippen molar-refractivity contribution in [2.75, 3.05) is 24.5 Å². The summed E-state index contributed by atoms with van der Waals surface area (Å²) in [6, 6.07) is 3.84. The Morgan fingerprint density at radius 1 is 1.15 bits per heavy atom. The Morgan fingerprint density at radius 3 is 2.58 bits per heavy atom. The van der Waals surface area contributed by atoms with E-state index in [0.717, 1.165) is 57.6 Å². The number of likely N-dealkylation sites (tertiary alicyclic amines) is 1. The molecule has 0 saturated carbocycles. The van der Waals surface area contributed by atoms with Gasteiger partial charge in [-0.1, -0.05) is 11.6 Å². The molecule has 1 N–H and O–H groups in total. The van der Waals surface area contributed by atoms with Crippen LogP contribution in [0.5, 0.6) is 0 Å². The van der Waals surface area contributed by atoms with Crippen molar-refractivity contribution in [3.05, 3.63) is 23.4 Å². The average Bonchev–Trinajstić information content (AvgIpc) is 2.67. The highest BCUT2D eigenvalue weighted by Crippen LogP contribution is 2.28. The number of amides is 1. The number of carbonyl (C=O) groups excluding carboxylic acids is 1. The minimum Gasteiger partial charge on any atom is -0.481 e. The lowest BCUT2D eigenvalue weighted by Gasteiger charge is -2.40. The number of carboxylic acid groups (broad SMARTS) is 1. The summed E-state index contributed by atoms with van der Waals surface area (Å²) in [5.41, 5.74) is 0. The number of carboxylic acids is 1. The molecule has 0 radical (unpaired) electrons. The zero-order valence-electron chi connectivity index (χ0n) is 14.9. The maximum atomic E-state index is 13.0. The van der Waals surface area contributed by atoms with Crippen LogP contribution in [0, 0.1) is 5.92 Å². The lowest BCUT2D eigenvalue weighted by atomic mass is 9.91. The van der Waals surface area contributed by atoms with E-state index in [2.05, 4.69) is 9.88 Å². The molecule has 1 aromatic rings. The van der Waals surface area contributed by atoms with Crippen LogP contribution in [0.15, 0.2) is 18.3 Å². The summed E-state index contributed by atoms with van der Waals surface area (Å²) >= 11 is 5.89. The summed E-state index contributed by atoms with van der Waals surface area (Å²) in [6.07, 6.45) is 6.99. The Morgan fingerprint density at radius 2 is 1.92 bits per heavy atom. The molecule has 2 fully saturated rings. The van der Waals surface area contributed by atoms with E-state index in [4.69, 9.17) is 16.7 Å². The fraction of sp³-hybridized carbons (Fsp3) is 0.632. The maximum absolute atomic E-state index is 13.0. The zero-order chi connectivity index (χ0) is 18.5. The number of hydrogen-bond acceptors (Lipinski definition) is 4. The van der Waals surface area contributed by atoms with Crippen molar-refractivity contribution in [2.45, 2.75) is 51.0 Å². The number of hydrogen-bond donors (Lipinski definition) is 1. The van der Waals surface area contributed by atoms with Gasteiger partial charge in [-0.15, -0.1) is 0 Å². The van der Waals surface area contributed by atoms with Crippen LogP contribution in [0.25, 0.3) is 0 Å². The minimum absolute atomic E-state index is 0.0315. The number of aromatic nitrogens is 1. The van der Waals surface area contributed by atoms with E-state index >= 15 is 0 Å². The van der Waals surface area contributed by atoms with Crippen LogP contribution in [0.3, 0.4) is 0 Å². The lowest BCUT2D eigenvalue weighted by Crippen LogP contribution is -2.49. The number of halogens is 1. The fourth-order valence-electron chi connectivity index (χ4n) is 4.03. The van der Waals surface area contributed by atoms with Gasteiger partial charge in [0.05, 0.1) is 5.02 Å². The Bertz CT molecular complexity index is 629. The second-order valence-corrected chi connectivity index (χ2v) is 7.65. The third kappa shape index (κ3) is 4.67. The molecule has 0 spiro atoms. The van der Waals surface area contributed by atoms with E-state index in [1.807, 2.05) is 17.0 Å². The van der Waals surface area contributed by atoms with Crippen LogP contribution in [-0.4, -0.2) is 52.5 Å². The summed E-state index contributed by atoms with van der Waals surface area (Å²) in [5, 5.41) is 9.57. The number of carbonyl (C=O) groups is 2. The molecule has 0 bridgehead atoms. The molecule has 3 heterocycles. The predicted molar refractivity (Wildman–Crippen MR) is 100 cm³/mol. The molecule has 1 unspecified atom stereocenters. The number of anilines is 1. The van der Waals surface area contributed by atoms with Gasteiger partial charge in [0.2, 0.25) is 5.91 Å². The first-order valence-electron chi connectivity index (χ1n) is 9.43. The molecule has 1 amide bonds. The number of nitrogens with zero attached hydrogens (tertiary/aromatic N) is 3. The molecule has 1 atom stereocenters. The van der Waals surface area contributed by atoms with E-state index in [9.17, 15) is 9.59 Å². The van der Waals surface area contributed by atoms with Crippen LogP contribution in [-0.2, 0) is 9.59 Å². The van der Waals surface area contributed by atoms with Gasteiger partial charge in [-0.3, -0.25) is 9.59 Å². The Kier molecular flexibility index (Phi) is 6.35. The van der Waals surface area contributed by atoms with Crippen LogP contribution in [0.2, 0.25) is 5.02 Å². The molecule has 0 aromatic carbocycles. The van der Waals surface area contributed by atoms with E-state index < -0.39 is 5.97 Å². The quantitative estimate of drug-likeness (QED) is 0.850. The first kappa shape index (κ1) is 19.0. The average molecular weight is 380 g/mol. The number of pyridine rings is 1. The summed E-state index contributed by atoms with van der Waals surface area (Å²) in [5.74, 6) is 0.358. The van der Waals surface area contributed by atoms with Gasteiger partial charge >= 0.3 is 5.97 Å². The predicted octanol–water partition coefficient (Wildman–Crippen LogP) is 3.20. The third-order valence-electron chi connectivity index (χ3n) is 5.48. The van der Waals surface area contributed by atoms with Crippen molar-refractivity contribution < 1.29 is 14.7 Å². The van der Waals surface area contributed by atoms with Gasteiger partial charge in [0, 0.05) is 44.2 Å². The molecule has 2 aliphatic heterocycles. The molecular weight excluding hydrogens is 354 g/mol. The SMILES string of the molecule is O=C(O)CCC1CCCCN1C(=O)C1CCN(c2ccc(Cl)cn2)CC1. The van der Waals surface area contributed by atoms with Crippen molar-refractivity contribution in [3.63, 3.8) is 0 Å². The minimum atomic E-state index is -0.785. The summed E-state index contributed by atoms with van der Waals surface area (Å²) in [6.45, 7) is 2.37. The molecule has 142 valence electrons. The van der Waals surface area contributed by atoms with E-state index in [1.165, 1.54) is 0 Å². The molecule has 26 heavy (non-hydrogen) atoms. The highest BCUT2D eigenvalue weighted by atomic mass is 35.5. The molecule has 0 aliphatic carbocycles. The molecular formula is C19H26ClN3O3. The van der Waals surface area contributed by atoms with Crippen molar-refractivity contribution in [1.82, 2.24) is 9.88 Å². The molecule has 2 saturated heterocycles. The van der Waals surface area contributed by atoms with Crippen LogP contribution < -0.4 is 4.90 Å². The van der Waals surface area contributed by atoms with Gasteiger partial charge in [0.15, 0.2) is 0 Å². The smallest absolute Gasteiger partial charge is 0.303 e. The monoisotopic (exact) mass is 379 g/mol. The number of rotatable bonds is 5. The number of piperidine rings is 2. The van der Waals surface area contributed by atoms with Gasteiger partial charge in [0.25, 0.3) is 0 Å². The molecule has 2 aliphatic rings. The van der Waals surface area contributed by atoms with Gasteiger partial charge in [-0.2, -0.15) is 0 Å². The first-order chi connectivity index (χ1) is 12.5. The van der Waals surface area contributed by atoms with Crippen molar-refractivity contribution in [2.24, 2.45) is 5.92 Å². The van der Waals surface area contributed by atoms with Crippen LogP contribution in [0.4, 0.5) is 5.82 Å². The van der Waals surface area contributed by atoms with E-state index in [0.29, 0.717) is 11.4 Å². The summed E-state index contributed by atoms with van der Waals surface area (Å²) < 4.78 is 0. The Labute approximate surface area is 159 Å². The van der Waals surface area contributed by atoms with Crippen LogP contribution in [0.1, 0.15) is 44.9 Å². The van der Waals surface area contributed by atoms with Crippen molar-refractivity contribution in [3.8, 4) is 0 Å². The van der Waals surface area contributed by atoms with Gasteiger partial charge in [0.1, 0.15) is 5.82 Å². The second-order valence-electron chi connectivity index (χ2n) is 7.21. The highest BCUT2D eigenvalue weighted by Gasteiger charge is 2.33. The molecule has 3 rings (SSSR count). The number of aliphatic carboxylic acids is 1. The summed E-state index contributed by atoms with van der Waals surface area (Å²) in [7, 11) is 0. The van der Waals surface area contributed by atoms with Gasteiger partial charge in [-0.05, 0) is 50.7 Å². The first-order valence-corrected chi connectivity index (χ1v) is 9.81. The largest absolute Gasteiger partial charge is 0.481 e. The Hall–Kier alpha value is -1.82. The normalized spacial score (nSPS) is 21.7. The highest BCUT2D eigenvalue weighted by molar-refractivity contribution is 6.30. The third-order valence-corrected chi connectivity index (χ3v) is 5.71. The van der Waals surface area contributed by atoms with E-state index in [1.54, 1.807) is 6.20 Å². The molecule has 6 nitrogen and oxygen atoms in total. The van der Waals surface area contributed by atoms with Gasteiger partial charge < -0.3 is 14.9 Å². The second kappa shape index (κ2) is 8.71.